The van der Waals surface area contributed by atoms with E-state index in [1.54, 1.807) is 12.1 Å². The van der Waals surface area contributed by atoms with Crippen molar-refractivity contribution in [3.05, 3.63) is 53.6 Å². The fourth-order valence-corrected chi connectivity index (χ4v) is 4.81. The van der Waals surface area contributed by atoms with Crippen molar-refractivity contribution in [3.8, 4) is 11.5 Å². The van der Waals surface area contributed by atoms with E-state index in [1.807, 2.05) is 58.9 Å². The summed E-state index contributed by atoms with van der Waals surface area (Å²) in [6, 6.07) is 11.6. The van der Waals surface area contributed by atoms with Crippen LogP contribution in [0.2, 0.25) is 0 Å². The first-order valence-corrected chi connectivity index (χ1v) is 13.9. The van der Waals surface area contributed by atoms with Crippen LogP contribution in [0.5, 0.6) is 11.5 Å². The average molecular weight is 534 g/mol. The van der Waals surface area contributed by atoms with Gasteiger partial charge in [-0.1, -0.05) is 36.8 Å². The molecule has 0 radical (unpaired) electrons. The van der Waals surface area contributed by atoms with Gasteiger partial charge in [0.2, 0.25) is 21.8 Å². The lowest BCUT2D eigenvalue weighted by Gasteiger charge is -2.34. The second kappa shape index (κ2) is 12.3. The predicted octanol–water partition coefficient (Wildman–Crippen LogP) is 3.50. The minimum atomic E-state index is -3.92. The fraction of sp³-hybridized carbons (Fsp3) is 0.481. The second-order valence-electron chi connectivity index (χ2n) is 9.98. The number of nitrogens with one attached hydrogen (secondary N) is 1. The molecule has 0 aliphatic heterocycles. The topological polar surface area (TPSA) is 105 Å². The Labute approximate surface area is 220 Å². The van der Waals surface area contributed by atoms with Crippen LogP contribution in [-0.2, 0) is 26.2 Å². The molecule has 0 fully saturated rings. The van der Waals surface area contributed by atoms with Crippen molar-refractivity contribution in [1.29, 1.82) is 0 Å². The van der Waals surface area contributed by atoms with Gasteiger partial charge in [-0.2, -0.15) is 0 Å². The number of ether oxygens (including phenoxy) is 2. The third kappa shape index (κ3) is 8.38. The largest absolute Gasteiger partial charge is 0.497 e. The molecule has 0 aliphatic rings. The zero-order valence-electron chi connectivity index (χ0n) is 23.0. The van der Waals surface area contributed by atoms with E-state index < -0.39 is 34.1 Å². The Hall–Kier alpha value is -3.27. The Morgan fingerprint density at radius 3 is 2.24 bits per heavy atom. The number of carbonyl (C=O) groups excluding carboxylic acids is 2. The number of rotatable bonds is 11. The van der Waals surface area contributed by atoms with E-state index >= 15 is 0 Å². The Morgan fingerprint density at radius 1 is 1.05 bits per heavy atom. The highest BCUT2D eigenvalue weighted by Gasteiger charge is 2.33. The van der Waals surface area contributed by atoms with E-state index in [0.29, 0.717) is 12.2 Å². The summed E-state index contributed by atoms with van der Waals surface area (Å²) in [5.41, 5.74) is 1.51. The minimum Gasteiger partial charge on any atom is -0.497 e. The highest BCUT2D eigenvalue weighted by atomic mass is 32.2. The van der Waals surface area contributed by atoms with Crippen LogP contribution in [0.25, 0.3) is 0 Å². The quantitative estimate of drug-likeness (QED) is 0.474. The maximum atomic E-state index is 13.9. The highest BCUT2D eigenvalue weighted by Crippen LogP contribution is 2.34. The fourth-order valence-electron chi connectivity index (χ4n) is 3.97. The zero-order chi connectivity index (χ0) is 28.0. The molecule has 9 nitrogen and oxygen atoms in total. The smallest absolute Gasteiger partial charge is 0.244 e. The molecule has 2 rings (SSSR count). The number of aryl methyl sites for hydroxylation is 1. The Bertz CT molecular complexity index is 1210. The molecular weight excluding hydrogens is 494 g/mol. The summed E-state index contributed by atoms with van der Waals surface area (Å²) in [7, 11) is -1.03. The molecular formula is C27H39N3O6S. The highest BCUT2D eigenvalue weighted by molar-refractivity contribution is 7.92. The van der Waals surface area contributed by atoms with E-state index in [-0.39, 0.29) is 23.9 Å². The number of nitrogens with zero attached hydrogens (tertiary/aromatic N) is 2. The lowest BCUT2D eigenvalue weighted by Crippen LogP contribution is -2.55. The van der Waals surface area contributed by atoms with Crippen molar-refractivity contribution in [2.45, 2.75) is 59.2 Å². The summed E-state index contributed by atoms with van der Waals surface area (Å²) in [4.78, 5) is 28.6. The van der Waals surface area contributed by atoms with Gasteiger partial charge < -0.3 is 19.7 Å². The molecule has 204 valence electrons. The van der Waals surface area contributed by atoms with E-state index in [0.717, 1.165) is 21.7 Å². The second-order valence-corrected chi connectivity index (χ2v) is 11.9. The number of hydrogen-bond donors (Lipinski definition) is 1. The average Bonchev–Trinajstić information content (AvgIpc) is 2.80. The van der Waals surface area contributed by atoms with Crippen LogP contribution in [0, 0.1) is 6.92 Å². The summed E-state index contributed by atoms with van der Waals surface area (Å²) in [6.45, 7) is 8.99. The van der Waals surface area contributed by atoms with Crippen molar-refractivity contribution >= 4 is 27.5 Å². The van der Waals surface area contributed by atoms with Crippen LogP contribution >= 0.6 is 0 Å². The summed E-state index contributed by atoms with van der Waals surface area (Å²) in [5, 5.41) is 2.95. The van der Waals surface area contributed by atoms with Gasteiger partial charge in [-0.3, -0.25) is 13.9 Å². The van der Waals surface area contributed by atoms with Crippen molar-refractivity contribution < 1.29 is 27.5 Å². The van der Waals surface area contributed by atoms with E-state index in [9.17, 15) is 18.0 Å². The van der Waals surface area contributed by atoms with Crippen LogP contribution in [0.1, 0.15) is 45.2 Å². The summed E-state index contributed by atoms with van der Waals surface area (Å²) in [5.74, 6) is -0.153. The van der Waals surface area contributed by atoms with Gasteiger partial charge in [0.1, 0.15) is 24.1 Å². The third-order valence-electron chi connectivity index (χ3n) is 5.65. The van der Waals surface area contributed by atoms with Gasteiger partial charge in [0.15, 0.2) is 0 Å². The summed E-state index contributed by atoms with van der Waals surface area (Å²) < 4.78 is 37.4. The lowest BCUT2D eigenvalue weighted by atomic mass is 10.0. The number of sulfonamides is 1. The van der Waals surface area contributed by atoms with E-state index in [1.165, 1.54) is 25.2 Å². The van der Waals surface area contributed by atoms with Gasteiger partial charge in [-0.25, -0.2) is 8.42 Å². The summed E-state index contributed by atoms with van der Waals surface area (Å²) in [6.07, 6.45) is 1.37. The molecule has 0 saturated carbocycles. The van der Waals surface area contributed by atoms with Crippen LogP contribution in [-0.4, -0.2) is 63.7 Å². The molecule has 0 spiro atoms. The predicted molar refractivity (Wildman–Crippen MR) is 145 cm³/mol. The SMILES string of the molecule is CCC(C(=O)NC(C)(C)C)N(Cc1cccc(C)c1)C(=O)CN(c1cc(OC)ccc1OC)S(C)(=O)=O. The van der Waals surface area contributed by atoms with Gasteiger partial charge in [0.05, 0.1) is 26.2 Å². The van der Waals surface area contributed by atoms with Gasteiger partial charge in [0, 0.05) is 18.2 Å². The molecule has 1 N–H and O–H groups in total. The maximum Gasteiger partial charge on any atom is 0.244 e. The van der Waals surface area contributed by atoms with Gasteiger partial charge >= 0.3 is 0 Å². The molecule has 2 amide bonds. The van der Waals surface area contributed by atoms with Crippen molar-refractivity contribution in [2.24, 2.45) is 0 Å². The van der Waals surface area contributed by atoms with Gasteiger partial charge in [0.25, 0.3) is 0 Å². The summed E-state index contributed by atoms with van der Waals surface area (Å²) >= 11 is 0. The maximum absolute atomic E-state index is 13.9. The van der Waals surface area contributed by atoms with Crippen LogP contribution in [0.15, 0.2) is 42.5 Å². The lowest BCUT2D eigenvalue weighted by molar-refractivity contribution is -0.141. The van der Waals surface area contributed by atoms with Crippen LogP contribution < -0.4 is 19.1 Å². The minimum absolute atomic E-state index is 0.142. The first-order valence-electron chi connectivity index (χ1n) is 12.1. The van der Waals surface area contributed by atoms with Gasteiger partial charge in [-0.15, -0.1) is 0 Å². The number of amides is 2. The van der Waals surface area contributed by atoms with E-state index in [4.69, 9.17) is 9.47 Å². The van der Waals surface area contributed by atoms with Gasteiger partial charge in [-0.05, 0) is 51.8 Å². The van der Waals surface area contributed by atoms with Crippen LogP contribution in [0.4, 0.5) is 5.69 Å². The molecule has 1 unspecified atom stereocenters. The molecule has 10 heteroatoms. The van der Waals surface area contributed by atoms with Crippen molar-refractivity contribution in [2.75, 3.05) is 31.3 Å². The molecule has 0 heterocycles. The third-order valence-corrected chi connectivity index (χ3v) is 6.78. The number of carbonyl (C=O) groups is 2. The monoisotopic (exact) mass is 533 g/mol. The number of anilines is 1. The first-order chi connectivity index (χ1) is 17.2. The zero-order valence-corrected chi connectivity index (χ0v) is 23.8. The normalized spacial score (nSPS) is 12.4. The number of methoxy groups -OCH3 is 2. The van der Waals surface area contributed by atoms with Crippen molar-refractivity contribution in [1.82, 2.24) is 10.2 Å². The molecule has 1 atom stereocenters. The molecule has 0 aromatic heterocycles. The Kier molecular flexibility index (Phi) is 9.97. The van der Waals surface area contributed by atoms with Crippen molar-refractivity contribution in [3.63, 3.8) is 0 Å². The first kappa shape index (κ1) is 30.0. The van der Waals surface area contributed by atoms with E-state index in [2.05, 4.69) is 5.32 Å². The standard InChI is InChI=1S/C27H39N3O6S/c1-9-22(26(32)28-27(3,4)5)29(17-20-12-10-11-19(2)15-20)25(31)18-30(37(8,33)34)23-16-21(35-6)13-14-24(23)36-7/h10-16,22H,9,17-18H2,1-8H3,(H,28,32). The number of hydrogen-bond acceptors (Lipinski definition) is 6. The molecule has 37 heavy (non-hydrogen) atoms. The number of benzene rings is 2. The Balaban J connectivity index is 2.55. The van der Waals surface area contributed by atoms with Crippen LogP contribution in [0.3, 0.4) is 0 Å². The molecule has 0 aliphatic carbocycles. The Morgan fingerprint density at radius 2 is 1.73 bits per heavy atom. The molecule has 0 saturated heterocycles. The molecule has 0 bridgehead atoms. The molecule has 2 aromatic rings. The molecule has 2 aromatic carbocycles.